The quantitative estimate of drug-likeness (QED) is 0.342. The topological polar surface area (TPSA) is 42.2 Å². The molecule has 4 aromatic rings. The third kappa shape index (κ3) is 5.03. The van der Waals surface area contributed by atoms with Crippen LogP contribution in [-0.4, -0.2) is 9.67 Å². The van der Waals surface area contributed by atoms with E-state index in [1.807, 2.05) is 55.5 Å². The molecule has 0 fully saturated rings. The summed E-state index contributed by atoms with van der Waals surface area (Å²) in [4.78, 5) is 12.1. The van der Waals surface area contributed by atoms with Crippen molar-refractivity contribution in [2.75, 3.05) is 0 Å². The van der Waals surface area contributed by atoms with Crippen LogP contribution in [-0.2, 0) is 19.0 Å². The number of halogens is 4. The molecule has 4 rings (SSSR count). The maximum absolute atomic E-state index is 14.0. The Morgan fingerprint density at radius 3 is 2.26 bits per heavy atom. The lowest BCUT2D eigenvalue weighted by Gasteiger charge is -2.16. The van der Waals surface area contributed by atoms with E-state index in [0.717, 1.165) is 28.8 Å². The number of hydrogen-bond donors (Lipinski definition) is 1. The van der Waals surface area contributed by atoms with Crippen molar-refractivity contribution in [3.63, 3.8) is 0 Å². The van der Waals surface area contributed by atoms with Crippen LogP contribution in [0, 0.1) is 12.7 Å². The van der Waals surface area contributed by atoms with E-state index < -0.39 is 28.7 Å². The SMILES string of the molecule is Cc1cccc(-c2cccc(-n3cc(O)c(=O)cc3CCc3ccc(C(F)(F)F)c(F)c3)c2)c1. The second-order valence-corrected chi connectivity index (χ2v) is 8.12. The van der Waals surface area contributed by atoms with Gasteiger partial charge in [0.2, 0.25) is 5.43 Å². The van der Waals surface area contributed by atoms with E-state index >= 15 is 0 Å². The molecule has 0 spiro atoms. The molecule has 0 atom stereocenters. The molecular formula is C27H21F4NO2. The van der Waals surface area contributed by atoms with E-state index in [9.17, 15) is 27.5 Å². The van der Waals surface area contributed by atoms with E-state index in [1.165, 1.54) is 18.3 Å². The van der Waals surface area contributed by atoms with Crippen LogP contribution in [0.2, 0.25) is 0 Å². The molecule has 0 unspecified atom stereocenters. The first-order valence-corrected chi connectivity index (χ1v) is 10.6. The summed E-state index contributed by atoms with van der Waals surface area (Å²) in [5, 5.41) is 10.0. The Labute approximate surface area is 193 Å². The highest BCUT2D eigenvalue weighted by Crippen LogP contribution is 2.32. The Hall–Kier alpha value is -3.87. The van der Waals surface area contributed by atoms with Gasteiger partial charge < -0.3 is 9.67 Å². The molecule has 1 N–H and O–H groups in total. The van der Waals surface area contributed by atoms with Gasteiger partial charge in [-0.3, -0.25) is 4.79 Å². The van der Waals surface area contributed by atoms with Gasteiger partial charge in [-0.1, -0.05) is 48.0 Å². The van der Waals surface area contributed by atoms with Gasteiger partial charge in [-0.15, -0.1) is 0 Å². The monoisotopic (exact) mass is 467 g/mol. The van der Waals surface area contributed by atoms with Crippen molar-refractivity contribution in [1.29, 1.82) is 0 Å². The molecule has 0 aliphatic rings. The maximum atomic E-state index is 14.0. The predicted molar refractivity (Wildman–Crippen MR) is 123 cm³/mol. The first kappa shape index (κ1) is 23.3. The Morgan fingerprint density at radius 2 is 1.59 bits per heavy atom. The van der Waals surface area contributed by atoms with Crippen LogP contribution in [0.15, 0.2) is 83.8 Å². The molecule has 3 nitrogen and oxygen atoms in total. The van der Waals surface area contributed by atoms with Crippen LogP contribution in [0.1, 0.15) is 22.4 Å². The number of hydrogen-bond acceptors (Lipinski definition) is 2. The lowest BCUT2D eigenvalue weighted by Crippen LogP contribution is -2.12. The average Bonchev–Trinajstić information content (AvgIpc) is 2.79. The van der Waals surface area contributed by atoms with Crippen molar-refractivity contribution in [3.05, 3.63) is 117 Å². The third-order valence-electron chi connectivity index (χ3n) is 5.60. The van der Waals surface area contributed by atoms with Crippen molar-refractivity contribution < 1.29 is 22.7 Å². The summed E-state index contributed by atoms with van der Waals surface area (Å²) in [5.41, 5.74) is 2.77. The zero-order valence-corrected chi connectivity index (χ0v) is 18.2. The Kier molecular flexibility index (Phi) is 6.28. The molecule has 7 heteroatoms. The summed E-state index contributed by atoms with van der Waals surface area (Å²) in [7, 11) is 0. The van der Waals surface area contributed by atoms with Crippen LogP contribution >= 0.6 is 0 Å². The van der Waals surface area contributed by atoms with Crippen molar-refractivity contribution in [3.8, 4) is 22.6 Å². The first-order valence-electron chi connectivity index (χ1n) is 10.6. The number of alkyl halides is 3. The number of rotatable bonds is 5. The average molecular weight is 467 g/mol. The zero-order valence-electron chi connectivity index (χ0n) is 18.2. The lowest BCUT2D eigenvalue weighted by atomic mass is 10.0. The fourth-order valence-corrected chi connectivity index (χ4v) is 3.87. The molecule has 0 saturated heterocycles. The van der Waals surface area contributed by atoms with E-state index in [-0.39, 0.29) is 12.8 Å². The molecule has 0 aliphatic carbocycles. The van der Waals surface area contributed by atoms with Gasteiger partial charge in [0, 0.05) is 17.4 Å². The molecule has 34 heavy (non-hydrogen) atoms. The minimum absolute atomic E-state index is 0.205. The Morgan fingerprint density at radius 1 is 0.882 bits per heavy atom. The third-order valence-corrected chi connectivity index (χ3v) is 5.60. The van der Waals surface area contributed by atoms with Crippen LogP contribution in [0.5, 0.6) is 5.75 Å². The number of pyridine rings is 1. The van der Waals surface area contributed by atoms with Gasteiger partial charge in [0.1, 0.15) is 5.82 Å². The van der Waals surface area contributed by atoms with Crippen molar-refractivity contribution >= 4 is 0 Å². The molecule has 1 heterocycles. The van der Waals surface area contributed by atoms with Gasteiger partial charge in [-0.2, -0.15) is 13.2 Å². The van der Waals surface area contributed by atoms with Crippen molar-refractivity contribution in [2.45, 2.75) is 25.9 Å². The predicted octanol–water partition coefficient (Wildman–Crippen LogP) is 6.46. The van der Waals surface area contributed by atoms with Crippen LogP contribution < -0.4 is 5.43 Å². The van der Waals surface area contributed by atoms with Crippen LogP contribution in [0.3, 0.4) is 0 Å². The van der Waals surface area contributed by atoms with Crippen LogP contribution in [0.25, 0.3) is 16.8 Å². The molecule has 1 aromatic heterocycles. The number of benzene rings is 3. The first-order chi connectivity index (χ1) is 16.1. The smallest absolute Gasteiger partial charge is 0.419 e. The molecule has 0 aliphatic heterocycles. The fourth-order valence-electron chi connectivity index (χ4n) is 3.87. The highest BCUT2D eigenvalue weighted by Gasteiger charge is 2.33. The molecule has 174 valence electrons. The largest absolute Gasteiger partial charge is 0.503 e. The molecule has 3 aromatic carbocycles. The van der Waals surface area contributed by atoms with E-state index in [1.54, 1.807) is 4.57 Å². The molecule has 0 saturated carbocycles. The summed E-state index contributed by atoms with van der Waals surface area (Å²) in [6.07, 6.45) is -2.99. The molecule has 0 amide bonds. The van der Waals surface area contributed by atoms with Crippen molar-refractivity contribution in [1.82, 2.24) is 4.57 Å². The Bertz CT molecular complexity index is 1410. The highest BCUT2D eigenvalue weighted by molar-refractivity contribution is 5.66. The van der Waals surface area contributed by atoms with Gasteiger partial charge >= 0.3 is 6.18 Å². The second-order valence-electron chi connectivity index (χ2n) is 8.12. The normalized spacial score (nSPS) is 11.6. The summed E-state index contributed by atoms with van der Waals surface area (Å²) in [5.74, 6) is -1.76. The lowest BCUT2D eigenvalue weighted by molar-refractivity contribution is -0.140. The number of aryl methyl sites for hydroxylation is 3. The molecule has 0 radical (unpaired) electrons. The van der Waals surface area contributed by atoms with E-state index in [0.29, 0.717) is 16.9 Å². The summed E-state index contributed by atoms with van der Waals surface area (Å²) >= 11 is 0. The number of nitrogens with zero attached hydrogens (tertiary/aromatic N) is 1. The van der Waals surface area contributed by atoms with Gasteiger partial charge in [0.25, 0.3) is 0 Å². The maximum Gasteiger partial charge on any atom is 0.419 e. The van der Waals surface area contributed by atoms with Gasteiger partial charge in [-0.05, 0) is 60.7 Å². The summed E-state index contributed by atoms with van der Waals surface area (Å²) < 4.78 is 54.1. The second kappa shape index (κ2) is 9.17. The summed E-state index contributed by atoms with van der Waals surface area (Å²) in [6.45, 7) is 2.00. The highest BCUT2D eigenvalue weighted by atomic mass is 19.4. The minimum Gasteiger partial charge on any atom is -0.503 e. The van der Waals surface area contributed by atoms with E-state index in [4.69, 9.17) is 0 Å². The van der Waals surface area contributed by atoms with Crippen molar-refractivity contribution in [2.24, 2.45) is 0 Å². The summed E-state index contributed by atoms with van der Waals surface area (Å²) in [6, 6.07) is 19.6. The minimum atomic E-state index is -4.76. The number of aromatic nitrogens is 1. The van der Waals surface area contributed by atoms with Gasteiger partial charge in [0.15, 0.2) is 5.75 Å². The van der Waals surface area contributed by atoms with E-state index in [2.05, 4.69) is 0 Å². The Balaban J connectivity index is 1.67. The standard InChI is InChI=1S/C27H21F4NO2/c1-17-4-2-5-19(12-17)20-6-3-7-21(14-20)32-16-26(34)25(33)15-22(32)10-8-18-9-11-23(24(28)13-18)27(29,30)31/h2-7,9,11-16,34H,8,10H2,1H3. The van der Waals surface area contributed by atoms with Gasteiger partial charge in [-0.25, -0.2) is 4.39 Å². The zero-order chi connectivity index (χ0) is 24.5. The fraction of sp³-hybridized carbons (Fsp3) is 0.148. The van der Waals surface area contributed by atoms with Gasteiger partial charge in [0.05, 0.1) is 11.8 Å². The molecule has 0 bridgehead atoms. The number of aromatic hydroxyl groups is 1. The molecular weight excluding hydrogens is 446 g/mol. The van der Waals surface area contributed by atoms with Crippen LogP contribution in [0.4, 0.5) is 17.6 Å².